The molecule has 6 heteroatoms. The SMILES string of the molecule is O=C(O)c1cccc(OCCCSc2ncccn2)c1. The van der Waals surface area contributed by atoms with Gasteiger partial charge in [0.15, 0.2) is 5.16 Å². The number of aromatic nitrogens is 2. The molecular weight excluding hydrogens is 276 g/mol. The third-order valence-electron chi connectivity index (χ3n) is 2.41. The number of carbonyl (C=O) groups is 1. The summed E-state index contributed by atoms with van der Waals surface area (Å²) in [4.78, 5) is 19.0. The molecule has 0 atom stereocenters. The van der Waals surface area contributed by atoms with Gasteiger partial charge in [-0.3, -0.25) is 0 Å². The van der Waals surface area contributed by atoms with Crippen LogP contribution in [0.4, 0.5) is 0 Å². The van der Waals surface area contributed by atoms with Gasteiger partial charge in [0.05, 0.1) is 12.2 Å². The monoisotopic (exact) mass is 290 g/mol. The predicted molar refractivity (Wildman–Crippen MR) is 76.3 cm³/mol. The Morgan fingerprint density at radius 3 is 2.80 bits per heavy atom. The summed E-state index contributed by atoms with van der Waals surface area (Å²) in [5.41, 5.74) is 0.231. The van der Waals surface area contributed by atoms with E-state index in [0.29, 0.717) is 12.4 Å². The number of nitrogens with zero attached hydrogens (tertiary/aromatic N) is 2. The van der Waals surface area contributed by atoms with Crippen LogP contribution in [-0.4, -0.2) is 33.4 Å². The van der Waals surface area contributed by atoms with Gasteiger partial charge in [-0.15, -0.1) is 0 Å². The van der Waals surface area contributed by atoms with Crippen LogP contribution in [0.1, 0.15) is 16.8 Å². The lowest BCUT2D eigenvalue weighted by atomic mass is 10.2. The van der Waals surface area contributed by atoms with Crippen molar-refractivity contribution in [3.8, 4) is 5.75 Å². The molecule has 0 fully saturated rings. The van der Waals surface area contributed by atoms with Gasteiger partial charge in [-0.05, 0) is 30.7 Å². The largest absolute Gasteiger partial charge is 0.494 e. The average Bonchev–Trinajstić information content (AvgIpc) is 2.48. The Morgan fingerprint density at radius 1 is 1.25 bits per heavy atom. The van der Waals surface area contributed by atoms with Gasteiger partial charge < -0.3 is 9.84 Å². The number of ether oxygens (including phenoxy) is 1. The van der Waals surface area contributed by atoms with Gasteiger partial charge in [0.2, 0.25) is 0 Å². The van der Waals surface area contributed by atoms with Gasteiger partial charge in [-0.25, -0.2) is 14.8 Å². The molecule has 1 N–H and O–H groups in total. The molecule has 0 bridgehead atoms. The quantitative estimate of drug-likeness (QED) is 0.480. The zero-order chi connectivity index (χ0) is 14.2. The number of carboxylic acids is 1. The smallest absolute Gasteiger partial charge is 0.335 e. The van der Waals surface area contributed by atoms with Gasteiger partial charge in [0, 0.05) is 18.1 Å². The van der Waals surface area contributed by atoms with E-state index < -0.39 is 5.97 Å². The van der Waals surface area contributed by atoms with E-state index in [1.165, 1.54) is 12.1 Å². The highest BCUT2D eigenvalue weighted by Gasteiger charge is 2.03. The lowest BCUT2D eigenvalue weighted by Gasteiger charge is -2.06. The molecule has 0 spiro atoms. The molecule has 0 unspecified atom stereocenters. The summed E-state index contributed by atoms with van der Waals surface area (Å²) in [6.45, 7) is 0.531. The standard InChI is InChI=1S/C14H14N2O3S/c17-13(18)11-4-1-5-12(10-11)19-8-3-9-20-14-15-6-2-7-16-14/h1-2,4-7,10H,3,8-9H2,(H,17,18). The first kappa shape index (κ1) is 14.3. The molecule has 1 aromatic carbocycles. The first-order chi connectivity index (χ1) is 9.75. The summed E-state index contributed by atoms with van der Waals surface area (Å²) in [6, 6.07) is 8.27. The van der Waals surface area contributed by atoms with Crippen LogP contribution in [0, 0.1) is 0 Å². The van der Waals surface area contributed by atoms with E-state index in [1.807, 2.05) is 0 Å². The summed E-state index contributed by atoms with van der Waals surface area (Å²) in [6.07, 6.45) is 4.26. The number of carboxylic acid groups (broad SMARTS) is 1. The van der Waals surface area contributed by atoms with Crippen LogP contribution in [-0.2, 0) is 0 Å². The van der Waals surface area contributed by atoms with Gasteiger partial charge >= 0.3 is 5.97 Å². The molecular formula is C14H14N2O3S. The molecule has 5 nitrogen and oxygen atoms in total. The summed E-state index contributed by atoms with van der Waals surface area (Å²) in [5.74, 6) is 0.473. The topological polar surface area (TPSA) is 72.3 Å². The Labute approximate surface area is 121 Å². The Morgan fingerprint density at radius 2 is 2.05 bits per heavy atom. The fourth-order valence-corrected chi connectivity index (χ4v) is 2.21. The fourth-order valence-electron chi connectivity index (χ4n) is 1.49. The van der Waals surface area contributed by atoms with Gasteiger partial charge in [0.25, 0.3) is 0 Å². The number of thioether (sulfide) groups is 1. The van der Waals surface area contributed by atoms with E-state index in [4.69, 9.17) is 9.84 Å². The normalized spacial score (nSPS) is 10.2. The van der Waals surface area contributed by atoms with Crippen molar-refractivity contribution in [2.45, 2.75) is 11.6 Å². The highest BCUT2D eigenvalue weighted by Crippen LogP contribution is 2.15. The van der Waals surface area contributed by atoms with E-state index in [1.54, 1.807) is 42.4 Å². The van der Waals surface area contributed by atoms with Gasteiger partial charge in [-0.2, -0.15) is 0 Å². The van der Waals surface area contributed by atoms with Crippen molar-refractivity contribution < 1.29 is 14.6 Å². The van der Waals surface area contributed by atoms with Crippen LogP contribution < -0.4 is 4.74 Å². The van der Waals surface area contributed by atoms with E-state index in [-0.39, 0.29) is 5.56 Å². The lowest BCUT2D eigenvalue weighted by molar-refractivity contribution is 0.0696. The molecule has 1 aromatic heterocycles. The molecule has 0 amide bonds. The van der Waals surface area contributed by atoms with Crippen LogP contribution in [0.2, 0.25) is 0 Å². The second kappa shape index (κ2) is 7.49. The van der Waals surface area contributed by atoms with Gasteiger partial charge in [-0.1, -0.05) is 17.8 Å². The van der Waals surface area contributed by atoms with E-state index in [9.17, 15) is 4.79 Å². The molecule has 0 aliphatic rings. The second-order valence-corrected chi connectivity index (χ2v) is 4.98. The number of hydrogen-bond donors (Lipinski definition) is 1. The summed E-state index contributed by atoms with van der Waals surface area (Å²) in [7, 11) is 0. The molecule has 104 valence electrons. The van der Waals surface area contributed by atoms with Crippen molar-refractivity contribution >= 4 is 17.7 Å². The van der Waals surface area contributed by atoms with Gasteiger partial charge in [0.1, 0.15) is 5.75 Å². The average molecular weight is 290 g/mol. The van der Waals surface area contributed by atoms with Crippen molar-refractivity contribution in [1.82, 2.24) is 9.97 Å². The number of benzene rings is 1. The number of aromatic carboxylic acids is 1. The Balaban J connectivity index is 1.71. The molecule has 1 heterocycles. The first-order valence-corrected chi connectivity index (χ1v) is 7.10. The number of rotatable bonds is 7. The van der Waals surface area contributed by atoms with E-state index in [0.717, 1.165) is 17.3 Å². The predicted octanol–water partition coefficient (Wildman–Crippen LogP) is 2.74. The summed E-state index contributed by atoms with van der Waals surface area (Å²) >= 11 is 1.57. The van der Waals surface area contributed by atoms with Crippen LogP contribution >= 0.6 is 11.8 Å². The highest BCUT2D eigenvalue weighted by molar-refractivity contribution is 7.99. The van der Waals surface area contributed by atoms with Crippen LogP contribution in [0.15, 0.2) is 47.9 Å². The third-order valence-corrected chi connectivity index (χ3v) is 3.37. The zero-order valence-electron chi connectivity index (χ0n) is 10.7. The molecule has 0 saturated heterocycles. The van der Waals surface area contributed by atoms with Crippen molar-refractivity contribution in [3.63, 3.8) is 0 Å². The second-order valence-electron chi connectivity index (χ2n) is 3.91. The third kappa shape index (κ3) is 4.55. The van der Waals surface area contributed by atoms with Crippen LogP contribution in [0.5, 0.6) is 5.75 Å². The summed E-state index contributed by atoms with van der Waals surface area (Å²) in [5, 5.41) is 9.62. The Bertz CT molecular complexity index is 563. The maximum atomic E-state index is 10.8. The van der Waals surface area contributed by atoms with Crippen molar-refractivity contribution in [2.24, 2.45) is 0 Å². The maximum absolute atomic E-state index is 10.8. The van der Waals surface area contributed by atoms with Crippen LogP contribution in [0.25, 0.3) is 0 Å². The van der Waals surface area contributed by atoms with Crippen molar-refractivity contribution in [1.29, 1.82) is 0 Å². The molecule has 0 aliphatic carbocycles. The van der Waals surface area contributed by atoms with Crippen molar-refractivity contribution in [2.75, 3.05) is 12.4 Å². The Kier molecular flexibility index (Phi) is 5.37. The maximum Gasteiger partial charge on any atom is 0.335 e. The first-order valence-electron chi connectivity index (χ1n) is 6.11. The lowest BCUT2D eigenvalue weighted by Crippen LogP contribution is -2.01. The Hall–Kier alpha value is -2.08. The molecule has 0 saturated carbocycles. The molecule has 2 rings (SSSR count). The molecule has 0 aliphatic heterocycles. The zero-order valence-corrected chi connectivity index (χ0v) is 11.5. The van der Waals surface area contributed by atoms with Crippen LogP contribution in [0.3, 0.4) is 0 Å². The minimum absolute atomic E-state index is 0.231. The minimum atomic E-state index is -0.952. The fraction of sp³-hybridized carbons (Fsp3) is 0.214. The number of hydrogen-bond acceptors (Lipinski definition) is 5. The minimum Gasteiger partial charge on any atom is -0.494 e. The molecule has 20 heavy (non-hydrogen) atoms. The highest BCUT2D eigenvalue weighted by atomic mass is 32.2. The molecule has 0 radical (unpaired) electrons. The van der Waals surface area contributed by atoms with E-state index >= 15 is 0 Å². The molecule has 2 aromatic rings. The summed E-state index contributed by atoms with van der Waals surface area (Å²) < 4.78 is 5.52. The van der Waals surface area contributed by atoms with E-state index in [2.05, 4.69) is 9.97 Å². The van der Waals surface area contributed by atoms with Crippen molar-refractivity contribution in [3.05, 3.63) is 48.3 Å².